The van der Waals surface area contributed by atoms with Crippen molar-refractivity contribution in [1.29, 1.82) is 0 Å². The molecule has 1 unspecified atom stereocenters. The summed E-state index contributed by atoms with van der Waals surface area (Å²) >= 11 is 0. The van der Waals surface area contributed by atoms with Gasteiger partial charge in [0.1, 0.15) is 30.6 Å². The van der Waals surface area contributed by atoms with Crippen LogP contribution in [0.25, 0.3) is 0 Å². The van der Waals surface area contributed by atoms with Crippen LogP contribution >= 0.6 is 0 Å². The van der Waals surface area contributed by atoms with Gasteiger partial charge >= 0.3 is 12.1 Å². The van der Waals surface area contributed by atoms with Crippen LogP contribution in [-0.2, 0) is 19.1 Å². The highest BCUT2D eigenvalue weighted by molar-refractivity contribution is 5.92. The van der Waals surface area contributed by atoms with Crippen molar-refractivity contribution >= 4 is 17.8 Å². The van der Waals surface area contributed by atoms with E-state index in [9.17, 15) is 14.4 Å². The lowest BCUT2D eigenvalue weighted by atomic mass is 10.1. The number of carbonyl (C=O) groups excluding carboxylic acids is 3. The maximum absolute atomic E-state index is 12.4. The summed E-state index contributed by atoms with van der Waals surface area (Å²) in [6, 6.07) is 7.62. The summed E-state index contributed by atoms with van der Waals surface area (Å²) in [4.78, 5) is 36.2. The summed E-state index contributed by atoms with van der Waals surface area (Å²) in [6.07, 6.45) is 0.242. The van der Waals surface area contributed by atoms with Crippen LogP contribution in [0.15, 0.2) is 43.0 Å². The number of nitrogens with one attached hydrogen (secondary N) is 1. The molecule has 7 nitrogen and oxygen atoms in total. The first-order chi connectivity index (χ1) is 12.2. The molecule has 0 saturated heterocycles. The van der Waals surface area contributed by atoms with Gasteiger partial charge in [0, 0.05) is 0 Å². The third-order valence-electron chi connectivity index (χ3n) is 2.93. The highest BCUT2D eigenvalue weighted by atomic mass is 16.6. The Kier molecular flexibility index (Phi) is 8.34. The fraction of sp³-hybridized carbons (Fsp3) is 0.421. The Morgan fingerprint density at radius 2 is 1.85 bits per heavy atom. The van der Waals surface area contributed by atoms with Gasteiger partial charge in [-0.1, -0.05) is 30.9 Å². The molecule has 26 heavy (non-hydrogen) atoms. The molecule has 0 aliphatic rings. The van der Waals surface area contributed by atoms with Gasteiger partial charge in [0.2, 0.25) is 0 Å². The molecule has 1 amide bonds. The number of carbonyl (C=O) groups is 3. The number of ketones is 1. The van der Waals surface area contributed by atoms with Crippen LogP contribution < -0.4 is 10.1 Å². The highest BCUT2D eigenvalue weighted by Gasteiger charge is 2.27. The predicted molar refractivity (Wildman–Crippen MR) is 95.9 cm³/mol. The average molecular weight is 363 g/mol. The van der Waals surface area contributed by atoms with Crippen molar-refractivity contribution < 1.29 is 28.6 Å². The molecule has 142 valence electrons. The van der Waals surface area contributed by atoms with E-state index in [1.165, 1.54) is 6.08 Å². The van der Waals surface area contributed by atoms with Crippen molar-refractivity contribution in [3.8, 4) is 5.75 Å². The monoisotopic (exact) mass is 363 g/mol. The van der Waals surface area contributed by atoms with Crippen molar-refractivity contribution in [2.45, 2.75) is 38.8 Å². The summed E-state index contributed by atoms with van der Waals surface area (Å²) in [7, 11) is 0. The van der Waals surface area contributed by atoms with Crippen LogP contribution in [0.2, 0.25) is 0 Å². The second-order valence-electron chi connectivity index (χ2n) is 6.44. The van der Waals surface area contributed by atoms with E-state index in [0.29, 0.717) is 5.75 Å². The second kappa shape index (κ2) is 10.2. The fourth-order valence-electron chi connectivity index (χ4n) is 1.89. The topological polar surface area (TPSA) is 90.9 Å². The molecule has 1 aromatic carbocycles. The van der Waals surface area contributed by atoms with Crippen LogP contribution in [-0.4, -0.2) is 42.7 Å². The van der Waals surface area contributed by atoms with E-state index in [1.54, 1.807) is 45.0 Å². The quantitative estimate of drug-likeness (QED) is 0.536. The van der Waals surface area contributed by atoms with Gasteiger partial charge in [0.15, 0.2) is 5.78 Å². The maximum atomic E-state index is 12.4. The summed E-state index contributed by atoms with van der Waals surface area (Å²) < 4.78 is 15.4. The van der Waals surface area contributed by atoms with E-state index in [1.807, 2.05) is 6.07 Å². The Hall–Kier alpha value is -2.83. The third-order valence-corrected chi connectivity index (χ3v) is 2.93. The number of rotatable bonds is 9. The average Bonchev–Trinajstić information content (AvgIpc) is 2.56. The smallest absolute Gasteiger partial charge is 0.408 e. The van der Waals surface area contributed by atoms with Gasteiger partial charge in [-0.05, 0) is 32.9 Å². The number of benzene rings is 1. The van der Waals surface area contributed by atoms with Gasteiger partial charge in [0.05, 0.1) is 6.42 Å². The molecule has 0 fully saturated rings. The zero-order valence-electron chi connectivity index (χ0n) is 15.3. The van der Waals surface area contributed by atoms with Crippen molar-refractivity contribution in [2.24, 2.45) is 0 Å². The third kappa shape index (κ3) is 8.86. The zero-order chi connectivity index (χ0) is 19.6. The molecule has 0 bridgehead atoms. The Morgan fingerprint density at radius 3 is 2.42 bits per heavy atom. The van der Waals surface area contributed by atoms with Crippen molar-refractivity contribution in [1.82, 2.24) is 5.32 Å². The number of para-hydroxylation sites is 1. The van der Waals surface area contributed by atoms with Gasteiger partial charge in [-0.15, -0.1) is 0 Å². The van der Waals surface area contributed by atoms with Crippen LogP contribution in [0.3, 0.4) is 0 Å². The van der Waals surface area contributed by atoms with E-state index < -0.39 is 29.5 Å². The minimum atomic E-state index is -1.12. The molecule has 0 spiro atoms. The minimum absolute atomic E-state index is 0.0142. The molecule has 0 heterocycles. The van der Waals surface area contributed by atoms with Gasteiger partial charge < -0.3 is 19.5 Å². The maximum Gasteiger partial charge on any atom is 0.408 e. The lowest BCUT2D eigenvalue weighted by molar-refractivity contribution is -0.156. The number of hydrogen-bond donors (Lipinski definition) is 1. The highest BCUT2D eigenvalue weighted by Crippen LogP contribution is 2.11. The van der Waals surface area contributed by atoms with Crippen molar-refractivity contribution in [3.63, 3.8) is 0 Å². The number of hydrogen-bond acceptors (Lipinski definition) is 6. The van der Waals surface area contributed by atoms with E-state index in [-0.39, 0.29) is 19.6 Å². The van der Waals surface area contributed by atoms with Crippen LogP contribution in [0, 0.1) is 0 Å². The van der Waals surface area contributed by atoms with Crippen LogP contribution in [0.4, 0.5) is 4.79 Å². The Labute approximate surface area is 153 Å². The second-order valence-corrected chi connectivity index (χ2v) is 6.44. The van der Waals surface area contributed by atoms with Gasteiger partial charge in [0.25, 0.3) is 0 Å². The number of alkyl carbamates (subject to hydrolysis) is 1. The summed E-state index contributed by atoms with van der Waals surface area (Å²) in [5, 5.41) is 2.37. The SMILES string of the molecule is C=CCOC(=O)NC(CC(=O)OC(C)(C)C)C(=O)COc1ccccc1. The molecule has 1 atom stereocenters. The molecule has 1 N–H and O–H groups in total. The normalized spacial score (nSPS) is 11.8. The van der Waals surface area contributed by atoms with E-state index in [0.717, 1.165) is 0 Å². The number of amides is 1. The summed E-state index contributed by atoms with van der Waals surface area (Å²) in [5.41, 5.74) is -0.700. The molecular formula is C19H25NO6. The standard InChI is InChI=1S/C19H25NO6/c1-5-11-24-18(23)20-15(12-17(22)26-19(2,3)4)16(21)13-25-14-9-7-6-8-10-14/h5-10,15H,1,11-13H2,2-4H3,(H,20,23). The predicted octanol–water partition coefficient (Wildman–Crippen LogP) is 2.65. The van der Waals surface area contributed by atoms with Gasteiger partial charge in [-0.3, -0.25) is 9.59 Å². The van der Waals surface area contributed by atoms with E-state index >= 15 is 0 Å². The molecular weight excluding hydrogens is 338 g/mol. The fourth-order valence-corrected chi connectivity index (χ4v) is 1.89. The summed E-state index contributed by atoms with van der Waals surface area (Å²) in [6.45, 7) is 8.25. The van der Waals surface area contributed by atoms with Crippen molar-refractivity contribution in [3.05, 3.63) is 43.0 Å². The molecule has 0 aliphatic heterocycles. The van der Waals surface area contributed by atoms with Crippen LogP contribution in [0.5, 0.6) is 5.75 Å². The molecule has 0 aromatic heterocycles. The molecule has 1 rings (SSSR count). The van der Waals surface area contributed by atoms with E-state index in [2.05, 4.69) is 11.9 Å². The molecule has 7 heteroatoms. The molecule has 0 radical (unpaired) electrons. The Morgan fingerprint density at radius 1 is 1.19 bits per heavy atom. The minimum Gasteiger partial charge on any atom is -0.486 e. The Bertz CT molecular complexity index is 621. The molecule has 0 saturated carbocycles. The first kappa shape index (κ1) is 21.2. The first-order valence-corrected chi connectivity index (χ1v) is 8.18. The number of Topliss-reactive ketones (excluding diaryl/α,β-unsaturated/α-hetero) is 1. The van der Waals surface area contributed by atoms with Gasteiger partial charge in [-0.2, -0.15) is 0 Å². The summed E-state index contributed by atoms with van der Waals surface area (Å²) in [5.74, 6) is -0.582. The largest absolute Gasteiger partial charge is 0.486 e. The van der Waals surface area contributed by atoms with Crippen LogP contribution in [0.1, 0.15) is 27.2 Å². The first-order valence-electron chi connectivity index (χ1n) is 8.18. The van der Waals surface area contributed by atoms with E-state index in [4.69, 9.17) is 14.2 Å². The van der Waals surface area contributed by atoms with Crippen molar-refractivity contribution in [2.75, 3.05) is 13.2 Å². The lowest BCUT2D eigenvalue weighted by Crippen LogP contribution is -2.45. The molecule has 0 aliphatic carbocycles. The lowest BCUT2D eigenvalue weighted by Gasteiger charge is -2.22. The Balaban J connectivity index is 2.71. The molecule has 1 aromatic rings. The zero-order valence-corrected chi connectivity index (χ0v) is 15.3. The number of esters is 1. The van der Waals surface area contributed by atoms with Gasteiger partial charge in [-0.25, -0.2) is 4.79 Å². The number of ether oxygens (including phenoxy) is 3.